The molecule has 0 atom stereocenters. The maximum atomic E-state index is 8.92. The van der Waals surface area contributed by atoms with Crippen LogP contribution in [0.25, 0.3) is 0 Å². The first kappa shape index (κ1) is 13.5. The summed E-state index contributed by atoms with van der Waals surface area (Å²) >= 11 is 0. The van der Waals surface area contributed by atoms with E-state index in [1.54, 1.807) is 13.3 Å². The summed E-state index contributed by atoms with van der Waals surface area (Å²) in [5, 5.41) is 12.2. The Morgan fingerprint density at radius 3 is 2.94 bits per heavy atom. The Hall–Kier alpha value is -1.60. The lowest BCUT2D eigenvalue weighted by Gasteiger charge is -2.25. The molecule has 0 spiro atoms. The van der Waals surface area contributed by atoms with Gasteiger partial charge >= 0.3 is 0 Å². The van der Waals surface area contributed by atoms with Gasteiger partial charge in [-0.1, -0.05) is 13.8 Å². The minimum atomic E-state index is 0.124. The van der Waals surface area contributed by atoms with Gasteiger partial charge < -0.3 is 10.1 Å². The maximum Gasteiger partial charge on any atom is 0.163 e. The van der Waals surface area contributed by atoms with Crippen molar-refractivity contribution in [2.75, 3.05) is 25.6 Å². The molecule has 0 fully saturated rings. The second-order valence-corrected chi connectivity index (χ2v) is 4.77. The average Bonchev–Trinajstić information content (AvgIpc) is 2.34. The van der Waals surface area contributed by atoms with E-state index in [0.29, 0.717) is 5.69 Å². The molecule has 0 saturated heterocycles. The summed E-state index contributed by atoms with van der Waals surface area (Å²) in [5.41, 5.74) is 1.36. The standard InChI is InChI=1S/C13H19N3O/c1-13(2,6-8-17-3)10-16-11-5-4-7-15-12(11)9-14/h4-5,7,16H,6,8,10H2,1-3H3. The number of methoxy groups -OCH3 is 1. The summed E-state index contributed by atoms with van der Waals surface area (Å²) in [4.78, 5) is 4.01. The van der Waals surface area contributed by atoms with Gasteiger partial charge in [-0.2, -0.15) is 5.26 Å². The highest BCUT2D eigenvalue weighted by atomic mass is 16.5. The van der Waals surface area contributed by atoms with E-state index in [1.807, 2.05) is 12.1 Å². The van der Waals surface area contributed by atoms with Gasteiger partial charge in [0.05, 0.1) is 5.69 Å². The van der Waals surface area contributed by atoms with Crippen molar-refractivity contribution in [3.05, 3.63) is 24.0 Å². The highest BCUT2D eigenvalue weighted by Crippen LogP contribution is 2.22. The van der Waals surface area contributed by atoms with Gasteiger partial charge in [-0.3, -0.25) is 0 Å². The lowest BCUT2D eigenvalue weighted by atomic mass is 9.89. The number of nitrogens with zero attached hydrogens (tertiary/aromatic N) is 2. The first-order valence-corrected chi connectivity index (χ1v) is 5.67. The Morgan fingerprint density at radius 1 is 1.53 bits per heavy atom. The van der Waals surface area contributed by atoms with Gasteiger partial charge in [0.15, 0.2) is 5.69 Å². The van der Waals surface area contributed by atoms with Crippen LogP contribution >= 0.6 is 0 Å². The van der Waals surface area contributed by atoms with Crippen molar-refractivity contribution in [1.29, 1.82) is 5.26 Å². The van der Waals surface area contributed by atoms with E-state index in [9.17, 15) is 0 Å². The maximum absolute atomic E-state index is 8.92. The van der Waals surface area contributed by atoms with Crippen LogP contribution in [-0.4, -0.2) is 25.2 Å². The number of hydrogen-bond donors (Lipinski definition) is 1. The molecule has 4 nitrogen and oxygen atoms in total. The van der Waals surface area contributed by atoms with Crippen LogP contribution in [0.4, 0.5) is 5.69 Å². The molecule has 0 amide bonds. The summed E-state index contributed by atoms with van der Waals surface area (Å²) in [5.74, 6) is 0. The molecule has 92 valence electrons. The SMILES string of the molecule is COCCC(C)(C)CNc1cccnc1C#N. The Bertz CT molecular complexity index is 396. The van der Waals surface area contributed by atoms with Gasteiger partial charge in [0.2, 0.25) is 0 Å². The molecule has 17 heavy (non-hydrogen) atoms. The smallest absolute Gasteiger partial charge is 0.163 e. The molecule has 0 aliphatic rings. The number of pyridine rings is 1. The predicted molar refractivity (Wildman–Crippen MR) is 67.7 cm³/mol. The van der Waals surface area contributed by atoms with Crippen molar-refractivity contribution in [2.45, 2.75) is 20.3 Å². The monoisotopic (exact) mass is 233 g/mol. The fourth-order valence-corrected chi connectivity index (χ4v) is 1.44. The first-order valence-electron chi connectivity index (χ1n) is 5.67. The second-order valence-electron chi connectivity index (χ2n) is 4.77. The highest BCUT2D eigenvalue weighted by molar-refractivity contribution is 5.53. The van der Waals surface area contributed by atoms with E-state index < -0.39 is 0 Å². The second kappa shape index (κ2) is 6.21. The minimum Gasteiger partial charge on any atom is -0.385 e. The molecule has 4 heteroatoms. The van der Waals surface area contributed by atoms with E-state index in [2.05, 4.69) is 30.2 Å². The largest absolute Gasteiger partial charge is 0.385 e. The predicted octanol–water partition coefficient (Wildman–Crippen LogP) is 2.43. The molecular formula is C13H19N3O. The third-order valence-electron chi connectivity index (χ3n) is 2.65. The van der Waals surface area contributed by atoms with Crippen molar-refractivity contribution >= 4 is 5.69 Å². The van der Waals surface area contributed by atoms with Gasteiger partial charge in [0.25, 0.3) is 0 Å². The van der Waals surface area contributed by atoms with Crippen LogP contribution < -0.4 is 5.32 Å². The third-order valence-corrected chi connectivity index (χ3v) is 2.65. The van der Waals surface area contributed by atoms with E-state index in [0.717, 1.165) is 25.3 Å². The summed E-state index contributed by atoms with van der Waals surface area (Å²) in [6, 6.07) is 5.77. The van der Waals surface area contributed by atoms with E-state index in [1.165, 1.54) is 0 Å². The molecule has 0 aromatic carbocycles. The zero-order valence-electron chi connectivity index (χ0n) is 10.7. The van der Waals surface area contributed by atoms with Gasteiger partial charge in [-0.25, -0.2) is 4.98 Å². The minimum absolute atomic E-state index is 0.124. The van der Waals surface area contributed by atoms with Crippen molar-refractivity contribution in [3.63, 3.8) is 0 Å². The molecule has 1 rings (SSSR count). The number of anilines is 1. The molecule has 0 aliphatic heterocycles. The fourth-order valence-electron chi connectivity index (χ4n) is 1.44. The van der Waals surface area contributed by atoms with Crippen molar-refractivity contribution in [2.24, 2.45) is 5.41 Å². The van der Waals surface area contributed by atoms with Crippen LogP contribution in [0.5, 0.6) is 0 Å². The molecule has 0 saturated carbocycles. The molecule has 1 aromatic heterocycles. The number of aromatic nitrogens is 1. The van der Waals surface area contributed by atoms with Crippen LogP contribution in [-0.2, 0) is 4.74 Å². The first-order chi connectivity index (χ1) is 8.09. The lowest BCUT2D eigenvalue weighted by molar-refractivity contribution is 0.157. The van der Waals surface area contributed by atoms with Crippen LogP contribution in [0.3, 0.4) is 0 Å². The Labute approximate surface area is 103 Å². The molecule has 0 aliphatic carbocycles. The fraction of sp³-hybridized carbons (Fsp3) is 0.538. The third kappa shape index (κ3) is 4.41. The summed E-state index contributed by atoms with van der Waals surface area (Å²) in [7, 11) is 1.71. The lowest BCUT2D eigenvalue weighted by Crippen LogP contribution is -2.25. The highest BCUT2D eigenvalue weighted by Gasteiger charge is 2.17. The van der Waals surface area contributed by atoms with Gasteiger partial charge in [-0.05, 0) is 24.0 Å². The van der Waals surface area contributed by atoms with Gasteiger partial charge in [0, 0.05) is 26.5 Å². The van der Waals surface area contributed by atoms with E-state index in [4.69, 9.17) is 10.00 Å². The van der Waals surface area contributed by atoms with Crippen molar-refractivity contribution in [3.8, 4) is 6.07 Å². The molecule has 1 aromatic rings. The molecule has 1 N–H and O–H groups in total. The number of hydrogen-bond acceptors (Lipinski definition) is 4. The topological polar surface area (TPSA) is 57.9 Å². The number of nitrogens with one attached hydrogen (secondary N) is 1. The molecule has 0 unspecified atom stereocenters. The number of nitriles is 1. The van der Waals surface area contributed by atoms with Crippen LogP contribution in [0.2, 0.25) is 0 Å². The molecule has 0 bridgehead atoms. The number of rotatable bonds is 6. The summed E-state index contributed by atoms with van der Waals surface area (Å²) < 4.78 is 5.08. The average molecular weight is 233 g/mol. The van der Waals surface area contributed by atoms with Gasteiger partial charge in [-0.15, -0.1) is 0 Å². The normalized spacial score (nSPS) is 10.9. The van der Waals surface area contributed by atoms with Crippen LogP contribution in [0.1, 0.15) is 26.0 Å². The zero-order chi connectivity index (χ0) is 12.7. The Morgan fingerprint density at radius 2 is 2.29 bits per heavy atom. The van der Waals surface area contributed by atoms with Crippen LogP contribution in [0.15, 0.2) is 18.3 Å². The number of ether oxygens (including phenoxy) is 1. The summed E-state index contributed by atoms with van der Waals surface area (Å²) in [6.07, 6.45) is 2.60. The molecule has 1 heterocycles. The van der Waals surface area contributed by atoms with Crippen LogP contribution in [0, 0.1) is 16.7 Å². The molecule has 0 radical (unpaired) electrons. The summed E-state index contributed by atoms with van der Waals surface area (Å²) in [6.45, 7) is 5.87. The van der Waals surface area contributed by atoms with Crippen molar-refractivity contribution in [1.82, 2.24) is 4.98 Å². The van der Waals surface area contributed by atoms with E-state index >= 15 is 0 Å². The molecular weight excluding hydrogens is 214 g/mol. The Kier molecular flexibility index (Phi) is 4.92. The van der Waals surface area contributed by atoms with Gasteiger partial charge in [0.1, 0.15) is 6.07 Å². The van der Waals surface area contributed by atoms with Crippen molar-refractivity contribution < 1.29 is 4.74 Å². The van der Waals surface area contributed by atoms with E-state index in [-0.39, 0.29) is 5.41 Å². The quantitative estimate of drug-likeness (QED) is 0.819. The zero-order valence-corrected chi connectivity index (χ0v) is 10.7. The Balaban J connectivity index is 2.58.